The van der Waals surface area contributed by atoms with E-state index < -0.39 is 80.9 Å². The van der Waals surface area contributed by atoms with Gasteiger partial charge in [-0.25, -0.2) is 0 Å². The van der Waals surface area contributed by atoms with Crippen molar-refractivity contribution in [3.63, 3.8) is 0 Å². The van der Waals surface area contributed by atoms with Gasteiger partial charge in [0.2, 0.25) is 0 Å². The van der Waals surface area contributed by atoms with Gasteiger partial charge in [0.05, 0.1) is 31.2 Å². The van der Waals surface area contributed by atoms with Crippen molar-refractivity contribution in [3.8, 4) is 0 Å². The molecule has 9 heteroatoms. The summed E-state index contributed by atoms with van der Waals surface area (Å²) in [5.41, 5.74) is -5.90. The third-order valence-corrected chi connectivity index (χ3v) is 11.3. The van der Waals surface area contributed by atoms with Gasteiger partial charge in [-0.05, 0) is 38.7 Å². The molecule has 0 aromatic rings. The summed E-state index contributed by atoms with van der Waals surface area (Å²) in [5, 5.41) is 12.1. The minimum atomic E-state index is -1.83. The van der Waals surface area contributed by atoms with Gasteiger partial charge in [-0.1, -0.05) is 27.4 Å². The lowest BCUT2D eigenvalue weighted by molar-refractivity contribution is -0.245. The quantitative estimate of drug-likeness (QED) is 0.254. The second kappa shape index (κ2) is 7.71. The van der Waals surface area contributed by atoms with Crippen LogP contribution in [0.5, 0.6) is 0 Å². The zero-order valence-electron chi connectivity index (χ0n) is 23.4. The molecule has 1 saturated heterocycles. The van der Waals surface area contributed by atoms with Crippen LogP contribution in [0.15, 0.2) is 23.5 Å². The number of carbonyl (C=O) groups excluding carboxylic acids is 4. The Kier molecular flexibility index (Phi) is 5.46. The summed E-state index contributed by atoms with van der Waals surface area (Å²) in [6.45, 7) is 14.6. The number of hydrogen-bond acceptors (Lipinski definition) is 9. The fourth-order valence-corrected chi connectivity index (χ4v) is 10.2. The van der Waals surface area contributed by atoms with Gasteiger partial charge in [-0.2, -0.15) is 0 Å². The summed E-state index contributed by atoms with van der Waals surface area (Å²) in [7, 11) is 2.67. The fraction of sp³-hybridized carbons (Fsp3) is 0.724. The van der Waals surface area contributed by atoms with Crippen LogP contribution in [0.4, 0.5) is 0 Å². The predicted molar refractivity (Wildman–Crippen MR) is 133 cm³/mol. The first-order valence-electron chi connectivity index (χ1n) is 13.2. The Morgan fingerprint density at radius 3 is 2.29 bits per heavy atom. The molecule has 38 heavy (non-hydrogen) atoms. The Morgan fingerprint density at radius 1 is 1.11 bits per heavy atom. The summed E-state index contributed by atoms with van der Waals surface area (Å²) < 4.78 is 22.9. The van der Waals surface area contributed by atoms with Crippen LogP contribution < -0.4 is 0 Å². The van der Waals surface area contributed by atoms with E-state index in [1.807, 2.05) is 20.8 Å². The standard InChI is InChI=1S/C29H38O9/c1-13-21(32)29(24(34)36-9)26(6)12-16-19-25(4,5)17(37-15(3)30)10-11-28(19,23(33)38-16)20(26)18(31)14(2)27(29,7)22(13)35-8/h16-20,31H,2,10-12H2,1,3-9H3. The van der Waals surface area contributed by atoms with E-state index in [2.05, 4.69) is 6.58 Å². The minimum Gasteiger partial charge on any atom is -0.500 e. The second-order valence-corrected chi connectivity index (χ2v) is 12.8. The Balaban J connectivity index is 1.80. The molecule has 5 rings (SSSR count). The van der Waals surface area contributed by atoms with Gasteiger partial charge in [-0.3, -0.25) is 19.2 Å². The zero-order chi connectivity index (χ0) is 28.4. The molecule has 1 heterocycles. The number of rotatable bonds is 3. The Bertz CT molecular complexity index is 1210. The van der Waals surface area contributed by atoms with Crippen molar-refractivity contribution in [1.29, 1.82) is 0 Å². The topological polar surface area (TPSA) is 125 Å². The molecule has 5 aliphatic rings. The molecule has 9 atom stereocenters. The first-order valence-corrected chi connectivity index (χ1v) is 13.2. The molecular formula is C29H38O9. The van der Waals surface area contributed by atoms with E-state index in [1.54, 1.807) is 13.8 Å². The van der Waals surface area contributed by atoms with Crippen LogP contribution in [0.25, 0.3) is 0 Å². The molecule has 0 aromatic carbocycles. The molecule has 208 valence electrons. The SMILES string of the molecule is C=C1C(O)C2C34CCC(OC(C)=O)C(C)(C)C3C(CC2(C)C2(C(=O)OC)C(=O)C(C)=C(OC)C12C)OC4=O. The van der Waals surface area contributed by atoms with Crippen LogP contribution in [0.1, 0.15) is 60.8 Å². The lowest BCUT2D eigenvalue weighted by Gasteiger charge is -2.68. The number of aliphatic hydroxyl groups excluding tert-OH is 1. The Morgan fingerprint density at radius 2 is 1.74 bits per heavy atom. The molecule has 0 spiro atoms. The number of hydrogen-bond donors (Lipinski definition) is 1. The van der Waals surface area contributed by atoms with Crippen molar-refractivity contribution in [1.82, 2.24) is 0 Å². The van der Waals surface area contributed by atoms with Gasteiger partial charge >= 0.3 is 17.9 Å². The van der Waals surface area contributed by atoms with E-state index in [4.69, 9.17) is 18.9 Å². The highest BCUT2D eigenvalue weighted by Crippen LogP contribution is 2.80. The predicted octanol–water partition coefficient (Wildman–Crippen LogP) is 2.89. The maximum absolute atomic E-state index is 14.4. The van der Waals surface area contributed by atoms with Crippen molar-refractivity contribution < 1.29 is 43.2 Å². The maximum atomic E-state index is 14.4. The molecule has 2 bridgehead atoms. The number of fused-ring (bicyclic) bond motifs is 3. The lowest BCUT2D eigenvalue weighted by atomic mass is 9.31. The first-order chi connectivity index (χ1) is 17.6. The van der Waals surface area contributed by atoms with E-state index in [0.717, 1.165) is 0 Å². The molecular weight excluding hydrogens is 492 g/mol. The zero-order valence-corrected chi connectivity index (χ0v) is 23.4. The molecule has 9 nitrogen and oxygen atoms in total. The van der Waals surface area contributed by atoms with Crippen molar-refractivity contribution in [2.45, 2.75) is 79.1 Å². The molecule has 0 amide bonds. The van der Waals surface area contributed by atoms with Crippen molar-refractivity contribution >= 4 is 23.7 Å². The Labute approximate surface area is 222 Å². The van der Waals surface area contributed by atoms with Gasteiger partial charge in [-0.15, -0.1) is 0 Å². The highest BCUT2D eigenvalue weighted by molar-refractivity contribution is 6.17. The fourth-order valence-electron chi connectivity index (χ4n) is 10.2. The summed E-state index contributed by atoms with van der Waals surface area (Å²) in [4.78, 5) is 54.3. The number of aliphatic hydroxyl groups is 1. The van der Waals surface area contributed by atoms with E-state index in [0.29, 0.717) is 6.42 Å². The molecule has 3 saturated carbocycles. The number of carbonyl (C=O) groups is 4. The average Bonchev–Trinajstić information content (AvgIpc) is 3.17. The lowest BCUT2D eigenvalue weighted by Crippen LogP contribution is -2.75. The summed E-state index contributed by atoms with van der Waals surface area (Å²) >= 11 is 0. The molecule has 1 N–H and O–H groups in total. The van der Waals surface area contributed by atoms with E-state index in [1.165, 1.54) is 21.1 Å². The third kappa shape index (κ3) is 2.49. The van der Waals surface area contributed by atoms with Crippen LogP contribution in [-0.2, 0) is 38.1 Å². The van der Waals surface area contributed by atoms with Gasteiger partial charge in [0.1, 0.15) is 18.0 Å². The van der Waals surface area contributed by atoms with Gasteiger partial charge in [0.25, 0.3) is 0 Å². The van der Waals surface area contributed by atoms with Crippen LogP contribution in [-0.4, -0.2) is 61.3 Å². The van der Waals surface area contributed by atoms with Crippen LogP contribution in [0.2, 0.25) is 0 Å². The minimum absolute atomic E-state index is 0.136. The summed E-state index contributed by atoms with van der Waals surface area (Å²) in [6.07, 6.45) is -1.60. The van der Waals surface area contributed by atoms with E-state index >= 15 is 0 Å². The molecule has 0 aromatic heterocycles. The molecule has 9 unspecified atom stereocenters. The highest BCUT2D eigenvalue weighted by atomic mass is 16.6. The van der Waals surface area contributed by atoms with E-state index in [-0.39, 0.29) is 29.7 Å². The summed E-state index contributed by atoms with van der Waals surface area (Å²) in [5.74, 6) is -3.08. The largest absolute Gasteiger partial charge is 0.500 e. The monoisotopic (exact) mass is 530 g/mol. The van der Waals surface area contributed by atoms with Gasteiger partial charge < -0.3 is 24.1 Å². The van der Waals surface area contributed by atoms with Gasteiger partial charge in [0.15, 0.2) is 11.2 Å². The first kappa shape index (κ1) is 26.9. The Hall–Kier alpha value is -2.68. The number of Topliss-reactive ketones (excluding diaryl/α,β-unsaturated/α-hetero) is 1. The second-order valence-electron chi connectivity index (χ2n) is 12.8. The highest BCUT2D eigenvalue weighted by Gasteiger charge is 2.87. The molecule has 1 aliphatic heterocycles. The van der Waals surface area contributed by atoms with Crippen LogP contribution in [0.3, 0.4) is 0 Å². The summed E-state index contributed by atoms with van der Waals surface area (Å²) in [6, 6.07) is 0. The van der Waals surface area contributed by atoms with Crippen LogP contribution >= 0.6 is 0 Å². The molecule has 0 radical (unpaired) electrons. The van der Waals surface area contributed by atoms with Crippen molar-refractivity contribution in [2.75, 3.05) is 14.2 Å². The number of esters is 3. The molecule has 4 aliphatic carbocycles. The number of ether oxygens (including phenoxy) is 4. The number of ketones is 1. The normalized spacial score (nSPS) is 46.6. The maximum Gasteiger partial charge on any atom is 0.321 e. The third-order valence-electron chi connectivity index (χ3n) is 11.3. The molecule has 4 fully saturated rings. The van der Waals surface area contributed by atoms with E-state index in [9.17, 15) is 24.3 Å². The van der Waals surface area contributed by atoms with Crippen molar-refractivity contribution in [2.24, 2.45) is 38.9 Å². The smallest absolute Gasteiger partial charge is 0.321 e. The average molecular weight is 531 g/mol. The van der Waals surface area contributed by atoms with Crippen LogP contribution in [0, 0.1) is 38.9 Å². The number of allylic oxidation sites excluding steroid dienone is 2. The van der Waals surface area contributed by atoms with Gasteiger partial charge in [0, 0.05) is 35.2 Å². The number of methoxy groups -OCH3 is 2. The van der Waals surface area contributed by atoms with Crippen molar-refractivity contribution in [3.05, 3.63) is 23.5 Å².